The van der Waals surface area contributed by atoms with E-state index in [9.17, 15) is 4.79 Å². The first-order chi connectivity index (χ1) is 15.1. The molecule has 0 N–H and O–H groups in total. The summed E-state index contributed by atoms with van der Waals surface area (Å²) in [6.45, 7) is 6.13. The van der Waals surface area contributed by atoms with Crippen molar-refractivity contribution in [3.05, 3.63) is 58.8 Å². The summed E-state index contributed by atoms with van der Waals surface area (Å²) in [4.78, 5) is 20.2. The third-order valence-electron chi connectivity index (χ3n) is 5.46. The number of esters is 1. The second kappa shape index (κ2) is 10.1. The normalized spacial score (nSPS) is 16.9. The minimum atomic E-state index is -0.160. The molecular formula is C24H28N2O4S. The minimum Gasteiger partial charge on any atom is -0.487 e. The lowest BCUT2D eigenvalue weighted by atomic mass is 10.0. The van der Waals surface area contributed by atoms with Crippen LogP contribution in [0.5, 0.6) is 5.75 Å². The third-order valence-corrected chi connectivity index (χ3v) is 6.31. The lowest BCUT2D eigenvalue weighted by Gasteiger charge is -2.34. The number of oxazole rings is 1. The van der Waals surface area contributed by atoms with Gasteiger partial charge in [0.05, 0.1) is 11.5 Å². The monoisotopic (exact) mass is 440 g/mol. The van der Waals surface area contributed by atoms with Gasteiger partial charge >= 0.3 is 5.97 Å². The molecule has 7 heteroatoms. The molecule has 0 bridgehead atoms. The van der Waals surface area contributed by atoms with E-state index in [1.165, 1.54) is 0 Å². The highest BCUT2D eigenvalue weighted by molar-refractivity contribution is 7.13. The Hall–Kier alpha value is -2.64. The number of carbonyl (C=O) groups is 1. The van der Waals surface area contributed by atoms with Gasteiger partial charge in [-0.05, 0) is 62.4 Å². The molecule has 1 aliphatic rings. The molecule has 1 saturated heterocycles. The van der Waals surface area contributed by atoms with Gasteiger partial charge in [0, 0.05) is 6.54 Å². The van der Waals surface area contributed by atoms with Gasteiger partial charge in [-0.15, -0.1) is 11.3 Å². The molecule has 4 rings (SSSR count). The third kappa shape index (κ3) is 5.35. The summed E-state index contributed by atoms with van der Waals surface area (Å²) in [7, 11) is 0. The highest BCUT2D eigenvalue weighted by Gasteiger charge is 2.29. The van der Waals surface area contributed by atoms with E-state index in [4.69, 9.17) is 13.9 Å². The number of benzene rings is 1. The quantitative estimate of drug-likeness (QED) is 0.448. The van der Waals surface area contributed by atoms with Crippen LogP contribution in [-0.2, 0) is 22.7 Å². The van der Waals surface area contributed by atoms with Gasteiger partial charge in [0.2, 0.25) is 5.89 Å². The lowest BCUT2D eigenvalue weighted by Crippen LogP contribution is -2.44. The van der Waals surface area contributed by atoms with Crippen molar-refractivity contribution in [2.45, 2.75) is 52.3 Å². The van der Waals surface area contributed by atoms with Gasteiger partial charge in [-0.25, -0.2) is 4.98 Å². The number of carbonyl (C=O) groups excluding carboxylic acids is 1. The fourth-order valence-corrected chi connectivity index (χ4v) is 4.52. The topological polar surface area (TPSA) is 64.8 Å². The van der Waals surface area contributed by atoms with Crippen molar-refractivity contribution in [3.63, 3.8) is 0 Å². The van der Waals surface area contributed by atoms with Crippen LogP contribution in [0.25, 0.3) is 10.8 Å². The Balaban J connectivity index is 1.40. The molecular weight excluding hydrogens is 412 g/mol. The molecule has 2 aromatic heterocycles. The van der Waals surface area contributed by atoms with Crippen LogP contribution in [0.1, 0.15) is 43.2 Å². The number of nitrogens with zero attached hydrogens (tertiary/aromatic N) is 2. The number of thiophene rings is 1. The van der Waals surface area contributed by atoms with Crippen LogP contribution in [-0.4, -0.2) is 35.0 Å². The zero-order valence-corrected chi connectivity index (χ0v) is 18.8. The van der Waals surface area contributed by atoms with Crippen LogP contribution in [0, 0.1) is 6.92 Å². The summed E-state index contributed by atoms with van der Waals surface area (Å²) >= 11 is 1.60. The molecule has 0 spiro atoms. The zero-order chi connectivity index (χ0) is 21.6. The number of likely N-dealkylation sites (tertiary alicyclic amines) is 1. The maximum absolute atomic E-state index is 12.3. The number of ether oxygens (including phenoxy) is 2. The fourth-order valence-electron chi connectivity index (χ4n) is 3.87. The van der Waals surface area contributed by atoms with Crippen LogP contribution in [0.4, 0.5) is 0 Å². The Kier molecular flexibility index (Phi) is 7.04. The highest BCUT2D eigenvalue weighted by Crippen LogP contribution is 2.27. The van der Waals surface area contributed by atoms with E-state index in [0.717, 1.165) is 53.5 Å². The van der Waals surface area contributed by atoms with Crippen LogP contribution in [0.15, 0.2) is 46.2 Å². The summed E-state index contributed by atoms with van der Waals surface area (Å²) in [6.07, 6.45) is 3.02. The van der Waals surface area contributed by atoms with Crippen LogP contribution >= 0.6 is 11.3 Å². The smallest absolute Gasteiger partial charge is 0.323 e. The van der Waals surface area contributed by atoms with Gasteiger partial charge in [0.15, 0.2) is 0 Å². The van der Waals surface area contributed by atoms with E-state index in [2.05, 4.69) is 16.0 Å². The second-order valence-electron chi connectivity index (χ2n) is 7.67. The van der Waals surface area contributed by atoms with Gasteiger partial charge in [0.1, 0.15) is 29.9 Å². The SMILES string of the molecule is CCOC(=O)C1CCCCN1Cc1cccc(OCc2nc(-c3cccs3)oc2C)c1. The van der Waals surface area contributed by atoms with Gasteiger partial charge < -0.3 is 13.9 Å². The van der Waals surface area contributed by atoms with Crippen molar-refractivity contribution in [1.82, 2.24) is 9.88 Å². The van der Waals surface area contributed by atoms with Crippen molar-refractivity contribution >= 4 is 17.3 Å². The first kappa shape index (κ1) is 21.6. The summed E-state index contributed by atoms with van der Waals surface area (Å²) in [5, 5.41) is 2.01. The zero-order valence-electron chi connectivity index (χ0n) is 18.0. The number of piperidine rings is 1. The maximum atomic E-state index is 12.3. The van der Waals surface area contributed by atoms with Gasteiger partial charge in [0.25, 0.3) is 0 Å². The summed E-state index contributed by atoms with van der Waals surface area (Å²) < 4.78 is 17.1. The molecule has 0 aliphatic carbocycles. The summed E-state index contributed by atoms with van der Waals surface area (Å²) in [5.74, 6) is 2.07. The molecule has 0 radical (unpaired) electrons. The van der Waals surface area contributed by atoms with Crippen LogP contribution in [0.2, 0.25) is 0 Å². The van der Waals surface area contributed by atoms with Gasteiger partial charge in [-0.3, -0.25) is 9.69 Å². The average Bonchev–Trinajstić information content (AvgIpc) is 3.43. The van der Waals surface area contributed by atoms with Crippen LogP contribution < -0.4 is 4.74 Å². The first-order valence-electron chi connectivity index (χ1n) is 10.8. The molecule has 1 aromatic carbocycles. The van der Waals surface area contributed by atoms with Crippen molar-refractivity contribution < 1.29 is 18.7 Å². The number of hydrogen-bond donors (Lipinski definition) is 0. The highest BCUT2D eigenvalue weighted by atomic mass is 32.1. The molecule has 6 nitrogen and oxygen atoms in total. The molecule has 1 fully saturated rings. The molecule has 1 aliphatic heterocycles. The Morgan fingerprint density at radius 2 is 2.19 bits per heavy atom. The predicted molar refractivity (Wildman–Crippen MR) is 120 cm³/mol. The molecule has 3 aromatic rings. The number of aromatic nitrogens is 1. The summed E-state index contributed by atoms with van der Waals surface area (Å²) in [6, 6.07) is 11.8. The number of hydrogen-bond acceptors (Lipinski definition) is 7. The van der Waals surface area contributed by atoms with E-state index < -0.39 is 0 Å². The van der Waals surface area contributed by atoms with Gasteiger partial charge in [-0.2, -0.15) is 0 Å². The predicted octanol–water partition coefficient (Wildman–Crippen LogP) is 5.21. The fraction of sp³-hybridized carbons (Fsp3) is 0.417. The first-order valence-corrected chi connectivity index (χ1v) is 11.6. The van der Waals surface area contributed by atoms with E-state index in [1.54, 1.807) is 11.3 Å². The van der Waals surface area contributed by atoms with Crippen molar-refractivity contribution in [1.29, 1.82) is 0 Å². The van der Waals surface area contributed by atoms with E-state index in [-0.39, 0.29) is 12.0 Å². The molecule has 1 atom stereocenters. The second-order valence-corrected chi connectivity index (χ2v) is 8.62. The van der Waals surface area contributed by atoms with E-state index >= 15 is 0 Å². The molecule has 3 heterocycles. The molecule has 0 saturated carbocycles. The van der Waals surface area contributed by atoms with Crippen molar-refractivity contribution in [2.24, 2.45) is 0 Å². The van der Waals surface area contributed by atoms with Crippen molar-refractivity contribution in [2.75, 3.05) is 13.2 Å². The molecule has 1 unspecified atom stereocenters. The number of rotatable bonds is 8. The average molecular weight is 441 g/mol. The largest absolute Gasteiger partial charge is 0.487 e. The Morgan fingerprint density at radius 3 is 3.00 bits per heavy atom. The molecule has 0 amide bonds. The minimum absolute atomic E-state index is 0.113. The molecule has 164 valence electrons. The van der Waals surface area contributed by atoms with Gasteiger partial charge in [-0.1, -0.05) is 24.6 Å². The maximum Gasteiger partial charge on any atom is 0.323 e. The summed E-state index contributed by atoms with van der Waals surface area (Å²) in [5.41, 5.74) is 1.91. The standard InChI is InChI=1S/C24H28N2O4S/c1-3-28-24(27)21-10-4-5-12-26(21)15-18-8-6-9-19(14-18)29-16-20-17(2)30-23(25-20)22-11-7-13-31-22/h6-9,11,13-14,21H,3-5,10,12,15-16H2,1-2H3. The van der Waals surface area contributed by atoms with E-state index in [1.807, 2.05) is 49.6 Å². The van der Waals surface area contributed by atoms with Crippen molar-refractivity contribution in [3.8, 4) is 16.5 Å². The lowest BCUT2D eigenvalue weighted by molar-refractivity contribution is -0.151. The van der Waals surface area contributed by atoms with Crippen LogP contribution in [0.3, 0.4) is 0 Å². The van der Waals surface area contributed by atoms with E-state index in [0.29, 0.717) is 25.6 Å². The number of aryl methyl sites for hydroxylation is 1. The Labute approximate surface area is 186 Å². The molecule has 31 heavy (non-hydrogen) atoms. The Bertz CT molecular complexity index is 999. The Morgan fingerprint density at radius 1 is 1.29 bits per heavy atom.